The Kier molecular flexibility index (Phi) is 4.01. The Morgan fingerprint density at radius 3 is 3.05 bits per heavy atom. The van der Waals surface area contributed by atoms with Crippen LogP contribution in [0.4, 0.5) is 5.95 Å². The molecule has 112 valence electrons. The average Bonchev–Trinajstić information content (AvgIpc) is 2.89. The van der Waals surface area contributed by atoms with Gasteiger partial charge in [0.2, 0.25) is 11.9 Å². The van der Waals surface area contributed by atoms with Crippen LogP contribution in [-0.2, 0) is 9.53 Å². The standard InChI is InChI=1S/C14H19N5O2/c1-11-3-5-19-12(10-11)16-14(17-19)15-4-2-13(20)18-6-8-21-9-7-18/h3,5,10H,2,4,6-9H2,1H3,(H,15,17). The van der Waals surface area contributed by atoms with Crippen LogP contribution in [0.25, 0.3) is 5.65 Å². The van der Waals surface area contributed by atoms with Gasteiger partial charge in [-0.15, -0.1) is 5.10 Å². The van der Waals surface area contributed by atoms with Gasteiger partial charge in [-0.1, -0.05) is 0 Å². The first kappa shape index (κ1) is 13.8. The summed E-state index contributed by atoms with van der Waals surface area (Å²) in [6.07, 6.45) is 2.32. The summed E-state index contributed by atoms with van der Waals surface area (Å²) in [6.45, 7) is 5.18. The van der Waals surface area contributed by atoms with E-state index >= 15 is 0 Å². The zero-order valence-electron chi connectivity index (χ0n) is 12.1. The summed E-state index contributed by atoms with van der Waals surface area (Å²) in [5.41, 5.74) is 1.95. The molecule has 0 aliphatic carbocycles. The number of morpholine rings is 1. The third-order valence-electron chi connectivity index (χ3n) is 3.48. The van der Waals surface area contributed by atoms with E-state index in [0.29, 0.717) is 45.2 Å². The Hall–Kier alpha value is -2.15. The minimum atomic E-state index is 0.144. The second-order valence-corrected chi connectivity index (χ2v) is 5.11. The number of anilines is 1. The fraction of sp³-hybridized carbons (Fsp3) is 0.500. The molecule has 0 spiro atoms. The van der Waals surface area contributed by atoms with Gasteiger partial charge in [0.25, 0.3) is 0 Å². The van der Waals surface area contributed by atoms with Crippen LogP contribution in [0.3, 0.4) is 0 Å². The van der Waals surface area contributed by atoms with E-state index in [-0.39, 0.29) is 5.91 Å². The van der Waals surface area contributed by atoms with E-state index in [1.165, 1.54) is 0 Å². The first-order chi connectivity index (χ1) is 10.2. The highest BCUT2D eigenvalue weighted by Crippen LogP contribution is 2.08. The van der Waals surface area contributed by atoms with E-state index in [1.807, 2.05) is 30.2 Å². The van der Waals surface area contributed by atoms with E-state index in [2.05, 4.69) is 15.4 Å². The van der Waals surface area contributed by atoms with Crippen molar-refractivity contribution in [1.29, 1.82) is 0 Å². The molecule has 0 atom stereocenters. The van der Waals surface area contributed by atoms with Gasteiger partial charge < -0.3 is 15.0 Å². The Morgan fingerprint density at radius 2 is 2.24 bits per heavy atom. The number of hydrogen-bond acceptors (Lipinski definition) is 5. The number of nitrogens with one attached hydrogen (secondary N) is 1. The van der Waals surface area contributed by atoms with Crippen molar-refractivity contribution >= 4 is 17.5 Å². The lowest BCUT2D eigenvalue weighted by atomic mass is 10.3. The van der Waals surface area contributed by atoms with Crippen molar-refractivity contribution < 1.29 is 9.53 Å². The first-order valence-corrected chi connectivity index (χ1v) is 7.15. The van der Waals surface area contributed by atoms with Crippen molar-refractivity contribution in [2.75, 3.05) is 38.2 Å². The number of amides is 1. The molecule has 3 rings (SSSR count). The molecular weight excluding hydrogens is 270 g/mol. The van der Waals surface area contributed by atoms with Crippen LogP contribution in [0.1, 0.15) is 12.0 Å². The predicted molar refractivity (Wildman–Crippen MR) is 78.2 cm³/mol. The van der Waals surface area contributed by atoms with Crippen molar-refractivity contribution in [2.24, 2.45) is 0 Å². The van der Waals surface area contributed by atoms with Gasteiger partial charge in [-0.25, -0.2) is 4.52 Å². The maximum atomic E-state index is 12.0. The summed E-state index contributed by atoms with van der Waals surface area (Å²) in [6, 6.07) is 3.95. The van der Waals surface area contributed by atoms with Crippen molar-refractivity contribution in [1.82, 2.24) is 19.5 Å². The van der Waals surface area contributed by atoms with Gasteiger partial charge in [0.15, 0.2) is 5.65 Å². The van der Waals surface area contributed by atoms with Gasteiger partial charge in [-0.3, -0.25) is 4.79 Å². The Morgan fingerprint density at radius 1 is 1.43 bits per heavy atom. The van der Waals surface area contributed by atoms with Crippen molar-refractivity contribution in [3.05, 3.63) is 23.9 Å². The average molecular weight is 289 g/mol. The van der Waals surface area contributed by atoms with Crippen LogP contribution >= 0.6 is 0 Å². The monoisotopic (exact) mass is 289 g/mol. The highest BCUT2D eigenvalue weighted by atomic mass is 16.5. The third kappa shape index (κ3) is 3.30. The molecule has 2 aromatic rings. The SMILES string of the molecule is Cc1ccn2nc(NCCC(=O)N3CCOCC3)nc2c1. The van der Waals surface area contributed by atoms with Gasteiger partial charge in [0.05, 0.1) is 13.2 Å². The van der Waals surface area contributed by atoms with Crippen molar-refractivity contribution in [3.63, 3.8) is 0 Å². The second kappa shape index (κ2) is 6.09. The molecule has 0 radical (unpaired) electrons. The van der Waals surface area contributed by atoms with E-state index in [0.717, 1.165) is 11.2 Å². The molecule has 2 aromatic heterocycles. The van der Waals surface area contributed by atoms with Crippen LogP contribution in [-0.4, -0.2) is 58.3 Å². The minimum Gasteiger partial charge on any atom is -0.378 e. The maximum absolute atomic E-state index is 12.0. The number of ether oxygens (including phenoxy) is 1. The van der Waals surface area contributed by atoms with E-state index < -0.39 is 0 Å². The minimum absolute atomic E-state index is 0.144. The number of hydrogen-bond donors (Lipinski definition) is 1. The molecule has 7 heteroatoms. The molecule has 0 bridgehead atoms. The largest absolute Gasteiger partial charge is 0.378 e. The quantitative estimate of drug-likeness (QED) is 0.897. The Bertz CT molecular complexity index is 633. The summed E-state index contributed by atoms with van der Waals surface area (Å²) in [7, 11) is 0. The number of pyridine rings is 1. The fourth-order valence-corrected chi connectivity index (χ4v) is 2.31. The summed E-state index contributed by atoms with van der Waals surface area (Å²) in [5, 5.41) is 7.41. The van der Waals surface area contributed by atoms with Crippen LogP contribution in [0.5, 0.6) is 0 Å². The van der Waals surface area contributed by atoms with Gasteiger partial charge in [-0.2, -0.15) is 4.98 Å². The maximum Gasteiger partial charge on any atom is 0.243 e. The lowest BCUT2D eigenvalue weighted by Gasteiger charge is -2.26. The molecule has 1 saturated heterocycles. The summed E-state index contributed by atoms with van der Waals surface area (Å²) < 4.78 is 6.96. The number of nitrogens with zero attached hydrogens (tertiary/aromatic N) is 4. The van der Waals surface area contributed by atoms with Gasteiger partial charge in [-0.05, 0) is 24.6 Å². The van der Waals surface area contributed by atoms with E-state index in [9.17, 15) is 4.79 Å². The zero-order chi connectivity index (χ0) is 14.7. The molecule has 0 saturated carbocycles. The van der Waals surface area contributed by atoms with Crippen LogP contribution < -0.4 is 5.32 Å². The van der Waals surface area contributed by atoms with E-state index in [1.54, 1.807) is 4.52 Å². The molecule has 1 amide bonds. The fourth-order valence-electron chi connectivity index (χ4n) is 2.31. The molecule has 1 fully saturated rings. The summed E-state index contributed by atoms with van der Waals surface area (Å²) in [5.74, 6) is 0.695. The topological polar surface area (TPSA) is 71.8 Å². The molecular formula is C14H19N5O2. The molecule has 21 heavy (non-hydrogen) atoms. The molecule has 0 unspecified atom stereocenters. The van der Waals surface area contributed by atoms with Crippen molar-refractivity contribution in [2.45, 2.75) is 13.3 Å². The molecule has 1 aliphatic rings. The smallest absolute Gasteiger partial charge is 0.243 e. The van der Waals surface area contributed by atoms with Crippen LogP contribution in [0, 0.1) is 6.92 Å². The number of carbonyl (C=O) groups excluding carboxylic acids is 1. The summed E-state index contributed by atoms with van der Waals surface area (Å²) in [4.78, 5) is 18.2. The Balaban J connectivity index is 1.53. The first-order valence-electron chi connectivity index (χ1n) is 7.15. The molecule has 7 nitrogen and oxygen atoms in total. The van der Waals surface area contributed by atoms with Crippen molar-refractivity contribution in [3.8, 4) is 0 Å². The predicted octanol–water partition coefficient (Wildman–Crippen LogP) is 0.699. The van der Waals surface area contributed by atoms with Crippen LogP contribution in [0.2, 0.25) is 0 Å². The van der Waals surface area contributed by atoms with E-state index in [4.69, 9.17) is 4.74 Å². The van der Waals surface area contributed by atoms with Gasteiger partial charge in [0, 0.05) is 32.3 Å². The molecule has 0 aromatic carbocycles. The second-order valence-electron chi connectivity index (χ2n) is 5.11. The number of fused-ring (bicyclic) bond motifs is 1. The molecule has 3 heterocycles. The highest BCUT2D eigenvalue weighted by Gasteiger charge is 2.16. The number of rotatable bonds is 4. The van der Waals surface area contributed by atoms with Gasteiger partial charge >= 0.3 is 0 Å². The summed E-state index contributed by atoms with van der Waals surface area (Å²) >= 11 is 0. The van der Waals surface area contributed by atoms with Crippen LogP contribution in [0.15, 0.2) is 18.3 Å². The number of carbonyl (C=O) groups is 1. The lowest BCUT2D eigenvalue weighted by molar-refractivity contribution is -0.134. The number of aryl methyl sites for hydroxylation is 1. The Labute approximate surface area is 122 Å². The molecule has 1 N–H and O–H groups in total. The highest BCUT2D eigenvalue weighted by molar-refractivity contribution is 5.76. The zero-order valence-corrected chi connectivity index (χ0v) is 12.1. The third-order valence-corrected chi connectivity index (χ3v) is 3.48. The molecule has 1 aliphatic heterocycles. The number of aromatic nitrogens is 3. The normalized spacial score (nSPS) is 15.4. The van der Waals surface area contributed by atoms with Gasteiger partial charge in [0.1, 0.15) is 0 Å². The lowest BCUT2D eigenvalue weighted by Crippen LogP contribution is -2.41.